The van der Waals surface area contributed by atoms with Gasteiger partial charge in [-0.15, -0.1) is 10.2 Å². The number of hydrogen-bond donors (Lipinski definition) is 4. The number of aromatic nitrogens is 6. The summed E-state index contributed by atoms with van der Waals surface area (Å²) in [7, 11) is 0. The number of rotatable bonds is 8. The van der Waals surface area contributed by atoms with Crippen LogP contribution in [-0.4, -0.2) is 55.0 Å². The fourth-order valence-corrected chi connectivity index (χ4v) is 5.67. The highest BCUT2D eigenvalue weighted by Crippen LogP contribution is 2.32. The van der Waals surface area contributed by atoms with Crippen LogP contribution in [0.5, 0.6) is 0 Å². The van der Waals surface area contributed by atoms with Gasteiger partial charge in [0, 0.05) is 34.8 Å². The van der Waals surface area contributed by atoms with Crippen molar-refractivity contribution in [1.29, 1.82) is 0 Å². The van der Waals surface area contributed by atoms with Gasteiger partial charge in [-0.3, -0.25) is 9.59 Å². The second-order valence-corrected chi connectivity index (χ2v) is 10.9. The quantitative estimate of drug-likeness (QED) is 0.222. The maximum Gasteiger partial charge on any atom is 0.251 e. The van der Waals surface area contributed by atoms with Crippen LogP contribution in [0.4, 0.5) is 5.69 Å². The number of tetrazole rings is 1. The fourth-order valence-electron chi connectivity index (χ4n) is 5.67. The van der Waals surface area contributed by atoms with Gasteiger partial charge in [-0.05, 0) is 97.3 Å². The third kappa shape index (κ3) is 5.69. The largest absolute Gasteiger partial charge is 0.346 e. The first-order valence-electron chi connectivity index (χ1n) is 14.2. The summed E-state index contributed by atoms with van der Waals surface area (Å²) in [5.74, 6) is -0.0695. The number of anilines is 1. The molecule has 1 aliphatic carbocycles. The number of hydrogen-bond acceptors (Lipinski definition) is 8. The molecule has 1 aliphatic rings. The molecule has 3 aromatic heterocycles. The summed E-state index contributed by atoms with van der Waals surface area (Å²) in [6.07, 6.45) is 7.13. The fraction of sp³-hybridized carbons (Fsp3) is 0.290. The number of H-pyrrole nitrogens is 2. The number of carbonyl (C=O) groups excluding carboxylic acids is 2. The van der Waals surface area contributed by atoms with Crippen LogP contribution in [0.2, 0.25) is 0 Å². The van der Waals surface area contributed by atoms with Crippen molar-refractivity contribution in [3.63, 3.8) is 0 Å². The van der Waals surface area contributed by atoms with Gasteiger partial charge in [0.15, 0.2) is 0 Å². The summed E-state index contributed by atoms with van der Waals surface area (Å²) < 4.78 is 0. The topological polar surface area (TPSA) is 173 Å². The number of nitrogens with two attached hydrogens (primary N) is 2. The van der Waals surface area contributed by atoms with Crippen molar-refractivity contribution in [3.05, 3.63) is 78.6 Å². The van der Waals surface area contributed by atoms with Gasteiger partial charge in [-0.25, -0.2) is 9.88 Å². The lowest BCUT2D eigenvalue weighted by Crippen LogP contribution is -2.50. The van der Waals surface area contributed by atoms with E-state index < -0.39 is 11.9 Å². The van der Waals surface area contributed by atoms with Crippen molar-refractivity contribution in [1.82, 2.24) is 30.6 Å². The molecule has 1 atom stereocenters. The summed E-state index contributed by atoms with van der Waals surface area (Å²) >= 11 is 0. The zero-order valence-electron chi connectivity index (χ0n) is 23.1. The Morgan fingerprint density at radius 2 is 1.69 bits per heavy atom. The molecule has 11 nitrogen and oxygen atoms in total. The van der Waals surface area contributed by atoms with E-state index in [0.717, 1.165) is 40.6 Å². The molecule has 0 unspecified atom stereocenters. The predicted molar refractivity (Wildman–Crippen MR) is 160 cm³/mol. The van der Waals surface area contributed by atoms with E-state index in [1.165, 1.54) is 4.90 Å². The van der Waals surface area contributed by atoms with Crippen molar-refractivity contribution >= 4 is 28.5 Å². The number of benzene rings is 2. The molecule has 1 saturated carbocycles. The van der Waals surface area contributed by atoms with Crippen molar-refractivity contribution in [2.24, 2.45) is 23.3 Å². The molecule has 0 saturated heterocycles. The molecule has 42 heavy (non-hydrogen) atoms. The second-order valence-electron chi connectivity index (χ2n) is 10.9. The van der Waals surface area contributed by atoms with Gasteiger partial charge in [0.2, 0.25) is 11.7 Å². The van der Waals surface area contributed by atoms with E-state index >= 15 is 0 Å². The summed E-state index contributed by atoms with van der Waals surface area (Å²) in [6, 6.07) is 18.1. The zero-order valence-corrected chi connectivity index (χ0v) is 23.1. The normalized spacial score (nSPS) is 17.7. The number of imide groups is 1. The molecule has 11 heteroatoms. The Bertz CT molecular complexity index is 1660. The number of fused-ring (bicyclic) bond motifs is 1. The molecule has 2 amide bonds. The number of carbonyl (C=O) groups is 2. The number of pyridine rings is 1. The third-order valence-electron chi connectivity index (χ3n) is 8.16. The Labute approximate surface area is 242 Å². The number of aromatic amines is 2. The van der Waals surface area contributed by atoms with E-state index in [1.54, 1.807) is 24.3 Å². The average Bonchev–Trinajstić information content (AvgIpc) is 3.74. The number of nitrogens with one attached hydrogen (secondary N) is 2. The first-order valence-corrected chi connectivity index (χ1v) is 14.2. The van der Waals surface area contributed by atoms with Gasteiger partial charge in [-0.2, -0.15) is 5.21 Å². The molecule has 6 rings (SSSR count). The van der Waals surface area contributed by atoms with Gasteiger partial charge in [0.1, 0.15) is 5.65 Å². The van der Waals surface area contributed by atoms with Crippen LogP contribution in [0.3, 0.4) is 0 Å². The van der Waals surface area contributed by atoms with E-state index in [1.807, 2.05) is 42.7 Å². The first-order chi connectivity index (χ1) is 20.5. The van der Waals surface area contributed by atoms with Crippen LogP contribution in [0.15, 0.2) is 73.1 Å². The van der Waals surface area contributed by atoms with Gasteiger partial charge < -0.3 is 16.5 Å². The SMILES string of the molecule is NCC1CCC(C(=O)N(C(=O)[C@@H](N)Cc2ccc(-c3cnc4[nH]ccc4c3)cc2)c2ccc(-c3nn[nH]n3)cc2)CC1. The van der Waals surface area contributed by atoms with Crippen LogP contribution < -0.4 is 16.4 Å². The molecule has 6 N–H and O–H groups in total. The van der Waals surface area contributed by atoms with E-state index in [4.69, 9.17) is 11.5 Å². The molecule has 1 fully saturated rings. The highest BCUT2D eigenvalue weighted by atomic mass is 16.2. The van der Waals surface area contributed by atoms with E-state index in [2.05, 4.69) is 36.7 Å². The molecular formula is C31H33N9O2. The highest BCUT2D eigenvalue weighted by molar-refractivity contribution is 6.17. The number of amides is 2. The predicted octanol–water partition coefficient (Wildman–Crippen LogP) is 3.60. The van der Waals surface area contributed by atoms with Crippen molar-refractivity contribution < 1.29 is 9.59 Å². The minimum absolute atomic E-state index is 0.221. The maximum absolute atomic E-state index is 13.9. The molecule has 5 aromatic rings. The summed E-state index contributed by atoms with van der Waals surface area (Å²) in [4.78, 5) is 36.6. The molecule has 2 aromatic carbocycles. The Morgan fingerprint density at radius 3 is 2.38 bits per heavy atom. The summed E-state index contributed by atoms with van der Waals surface area (Å²) in [6.45, 7) is 0.613. The van der Waals surface area contributed by atoms with E-state index in [0.29, 0.717) is 48.8 Å². The number of nitrogens with zero attached hydrogens (tertiary/aromatic N) is 5. The van der Waals surface area contributed by atoms with Crippen LogP contribution in [0, 0.1) is 11.8 Å². The van der Waals surface area contributed by atoms with Crippen molar-refractivity contribution in [2.75, 3.05) is 11.4 Å². The smallest absolute Gasteiger partial charge is 0.251 e. The Balaban J connectivity index is 1.21. The average molecular weight is 564 g/mol. The minimum atomic E-state index is -0.907. The molecule has 0 aliphatic heterocycles. The standard InChI is InChI=1S/C31H33N9O2/c32-17-20-3-7-23(8-4-20)30(41)40(26-11-9-22(10-12-26)29-36-38-39-37-29)31(42)27(33)15-19-1-5-21(6-2-19)25-16-24-13-14-34-28(24)35-18-25/h1-2,5-6,9-14,16,18,20,23,27H,3-4,7-8,15,17,32-33H2,(H,34,35)(H,36,37,38,39)/t20?,23?,27-/m0/s1. The first kappa shape index (κ1) is 27.4. The monoisotopic (exact) mass is 563 g/mol. The van der Waals surface area contributed by atoms with Crippen LogP contribution >= 0.6 is 0 Å². The molecule has 3 heterocycles. The van der Waals surface area contributed by atoms with Gasteiger partial charge >= 0.3 is 0 Å². The molecular weight excluding hydrogens is 530 g/mol. The molecule has 0 radical (unpaired) electrons. The van der Waals surface area contributed by atoms with E-state index in [-0.39, 0.29) is 11.8 Å². The summed E-state index contributed by atoms with van der Waals surface area (Å²) in [5.41, 5.74) is 17.3. The van der Waals surface area contributed by atoms with E-state index in [9.17, 15) is 9.59 Å². The summed E-state index contributed by atoms with van der Waals surface area (Å²) in [5, 5.41) is 15.1. The van der Waals surface area contributed by atoms with Crippen molar-refractivity contribution in [3.8, 4) is 22.5 Å². The van der Waals surface area contributed by atoms with Gasteiger partial charge in [0.25, 0.3) is 5.91 Å². The highest BCUT2D eigenvalue weighted by Gasteiger charge is 2.35. The van der Waals surface area contributed by atoms with Crippen LogP contribution in [-0.2, 0) is 16.0 Å². The minimum Gasteiger partial charge on any atom is -0.346 e. The Hall–Kier alpha value is -4.74. The van der Waals surface area contributed by atoms with Gasteiger partial charge in [-0.1, -0.05) is 24.3 Å². The van der Waals surface area contributed by atoms with Crippen molar-refractivity contribution in [2.45, 2.75) is 38.1 Å². The Kier molecular flexibility index (Phi) is 7.85. The van der Waals surface area contributed by atoms with Gasteiger partial charge in [0.05, 0.1) is 11.7 Å². The lowest BCUT2D eigenvalue weighted by molar-refractivity contribution is -0.130. The second kappa shape index (κ2) is 12.0. The van der Waals surface area contributed by atoms with Crippen LogP contribution in [0.25, 0.3) is 33.5 Å². The lowest BCUT2D eigenvalue weighted by atomic mass is 9.81. The molecule has 0 bridgehead atoms. The maximum atomic E-state index is 13.9. The zero-order chi connectivity index (χ0) is 29.1. The third-order valence-corrected chi connectivity index (χ3v) is 8.16. The van der Waals surface area contributed by atoms with Crippen LogP contribution in [0.1, 0.15) is 31.2 Å². The molecule has 0 spiro atoms. The molecule has 214 valence electrons. The lowest BCUT2D eigenvalue weighted by Gasteiger charge is -2.32. The Morgan fingerprint density at radius 1 is 0.952 bits per heavy atom.